The maximum atomic E-state index is 5.95. The molecule has 2 N–H and O–H groups in total. The van der Waals surface area contributed by atoms with E-state index < -0.39 is 0 Å². The number of rotatable bonds is 1. The predicted molar refractivity (Wildman–Crippen MR) is 83.8 cm³/mol. The first-order valence-electron chi connectivity index (χ1n) is 6.42. The molecule has 3 rings (SSSR count). The molecule has 4 nitrogen and oxygen atoms in total. The zero-order valence-corrected chi connectivity index (χ0v) is 12.5. The molecule has 0 fully saturated rings. The fourth-order valence-electron chi connectivity index (χ4n) is 2.18. The minimum Gasteiger partial charge on any atom is -0.383 e. The quantitative estimate of drug-likeness (QED) is 0.741. The molecule has 0 saturated carbocycles. The van der Waals surface area contributed by atoms with Crippen molar-refractivity contribution in [2.75, 3.05) is 5.73 Å². The minimum absolute atomic E-state index is 0.0250. The zero-order chi connectivity index (χ0) is 14.3. The molecular formula is C15H16N4S. The summed E-state index contributed by atoms with van der Waals surface area (Å²) in [5.74, 6) is 0.478. The van der Waals surface area contributed by atoms with E-state index in [9.17, 15) is 0 Å². The van der Waals surface area contributed by atoms with E-state index in [-0.39, 0.29) is 5.41 Å². The normalized spacial score (nSPS) is 11.9. The summed E-state index contributed by atoms with van der Waals surface area (Å²) in [6.45, 7) is 6.52. The highest BCUT2D eigenvalue weighted by Gasteiger charge is 2.22. The van der Waals surface area contributed by atoms with Crippen LogP contribution in [-0.4, -0.2) is 15.0 Å². The van der Waals surface area contributed by atoms with Gasteiger partial charge in [-0.1, -0.05) is 26.8 Å². The molecule has 0 aliphatic heterocycles. The number of nitrogens with two attached hydrogens (primary N) is 1. The van der Waals surface area contributed by atoms with Gasteiger partial charge in [-0.3, -0.25) is 0 Å². The first-order chi connectivity index (χ1) is 9.47. The third-order valence-corrected chi connectivity index (χ3v) is 4.09. The minimum atomic E-state index is -0.0250. The third kappa shape index (κ3) is 2.14. The van der Waals surface area contributed by atoms with Crippen LogP contribution in [0.3, 0.4) is 0 Å². The van der Waals surface area contributed by atoms with Crippen LogP contribution in [0.15, 0.2) is 29.9 Å². The number of thiophene rings is 1. The Morgan fingerprint density at radius 3 is 2.65 bits per heavy atom. The Hall–Kier alpha value is -2.01. The average molecular weight is 284 g/mol. The molecule has 3 aromatic rings. The van der Waals surface area contributed by atoms with Crippen molar-refractivity contribution in [2.45, 2.75) is 26.2 Å². The van der Waals surface area contributed by atoms with Crippen LogP contribution >= 0.6 is 11.3 Å². The molecule has 5 heteroatoms. The van der Waals surface area contributed by atoms with E-state index in [1.165, 1.54) is 6.33 Å². The molecule has 0 spiro atoms. The second-order valence-electron chi connectivity index (χ2n) is 5.74. The largest absolute Gasteiger partial charge is 0.383 e. The predicted octanol–water partition coefficient (Wildman–Crippen LogP) is 3.63. The topological polar surface area (TPSA) is 64.7 Å². The van der Waals surface area contributed by atoms with Gasteiger partial charge in [-0.25, -0.2) is 15.0 Å². The lowest BCUT2D eigenvalue weighted by molar-refractivity contribution is 0.591. The van der Waals surface area contributed by atoms with Gasteiger partial charge < -0.3 is 5.73 Å². The number of nitrogens with zero attached hydrogens (tertiary/aromatic N) is 3. The van der Waals surface area contributed by atoms with Gasteiger partial charge in [-0.05, 0) is 28.5 Å². The Balaban J connectivity index is 2.38. The van der Waals surface area contributed by atoms with Crippen molar-refractivity contribution in [1.29, 1.82) is 0 Å². The Labute approximate surface area is 121 Å². The van der Waals surface area contributed by atoms with Crippen LogP contribution in [0.2, 0.25) is 0 Å². The molecule has 0 radical (unpaired) electrons. The highest BCUT2D eigenvalue weighted by Crippen LogP contribution is 2.36. The molecule has 0 bridgehead atoms. The van der Waals surface area contributed by atoms with Gasteiger partial charge in [0.15, 0.2) is 5.65 Å². The number of fused-ring (bicyclic) bond motifs is 1. The van der Waals surface area contributed by atoms with E-state index in [0.717, 1.165) is 21.5 Å². The van der Waals surface area contributed by atoms with Crippen molar-refractivity contribution in [3.05, 3.63) is 35.5 Å². The summed E-state index contributed by atoms with van der Waals surface area (Å²) in [5.41, 5.74) is 8.72. The highest BCUT2D eigenvalue weighted by atomic mass is 32.1. The SMILES string of the molecule is CC(C)(C)c1cc2c(N)ncnc2nc1-c1cccs1. The van der Waals surface area contributed by atoms with Crippen molar-refractivity contribution < 1.29 is 0 Å². The van der Waals surface area contributed by atoms with Gasteiger partial charge in [-0.2, -0.15) is 0 Å². The molecule has 0 amide bonds. The molecule has 3 heterocycles. The standard InChI is InChI=1S/C15H16N4S/c1-15(2,3)10-7-9-13(16)17-8-18-14(9)19-12(10)11-5-4-6-20-11/h4-8H,1-3H3,(H2,16,17,18,19). The molecule has 0 unspecified atom stereocenters. The number of aromatic nitrogens is 3. The number of anilines is 1. The second-order valence-corrected chi connectivity index (χ2v) is 6.69. The average Bonchev–Trinajstić information content (AvgIpc) is 2.90. The van der Waals surface area contributed by atoms with Crippen LogP contribution in [0.25, 0.3) is 21.6 Å². The number of hydrogen-bond acceptors (Lipinski definition) is 5. The summed E-state index contributed by atoms with van der Waals surface area (Å²) in [7, 11) is 0. The summed E-state index contributed by atoms with van der Waals surface area (Å²) < 4.78 is 0. The van der Waals surface area contributed by atoms with Crippen LogP contribution in [0.5, 0.6) is 0 Å². The van der Waals surface area contributed by atoms with Crippen molar-refractivity contribution in [2.24, 2.45) is 0 Å². The van der Waals surface area contributed by atoms with E-state index >= 15 is 0 Å². The van der Waals surface area contributed by atoms with E-state index in [1.807, 2.05) is 6.07 Å². The van der Waals surface area contributed by atoms with Gasteiger partial charge in [0.2, 0.25) is 0 Å². The summed E-state index contributed by atoms with van der Waals surface area (Å²) in [6.07, 6.45) is 1.46. The van der Waals surface area contributed by atoms with E-state index in [1.54, 1.807) is 11.3 Å². The van der Waals surface area contributed by atoms with Crippen molar-refractivity contribution in [1.82, 2.24) is 15.0 Å². The monoisotopic (exact) mass is 284 g/mol. The second kappa shape index (κ2) is 4.52. The van der Waals surface area contributed by atoms with Crippen LogP contribution in [0.1, 0.15) is 26.3 Å². The van der Waals surface area contributed by atoms with E-state index in [2.05, 4.69) is 48.3 Å². The molecule has 0 aliphatic carbocycles. The summed E-state index contributed by atoms with van der Waals surface area (Å²) in [4.78, 5) is 14.2. The summed E-state index contributed by atoms with van der Waals surface area (Å²) in [5, 5.41) is 2.87. The summed E-state index contributed by atoms with van der Waals surface area (Å²) >= 11 is 1.68. The molecule has 20 heavy (non-hydrogen) atoms. The van der Waals surface area contributed by atoms with Crippen molar-refractivity contribution >= 4 is 28.2 Å². The maximum Gasteiger partial charge on any atom is 0.165 e. The smallest absolute Gasteiger partial charge is 0.165 e. The fourth-order valence-corrected chi connectivity index (χ4v) is 2.91. The van der Waals surface area contributed by atoms with Crippen molar-refractivity contribution in [3.63, 3.8) is 0 Å². The zero-order valence-electron chi connectivity index (χ0n) is 11.7. The lowest BCUT2D eigenvalue weighted by Gasteiger charge is -2.22. The van der Waals surface area contributed by atoms with Crippen LogP contribution in [0.4, 0.5) is 5.82 Å². The van der Waals surface area contributed by atoms with Crippen LogP contribution in [0, 0.1) is 0 Å². The number of pyridine rings is 1. The van der Waals surface area contributed by atoms with Gasteiger partial charge in [-0.15, -0.1) is 11.3 Å². The Bertz CT molecular complexity index is 757. The summed E-state index contributed by atoms with van der Waals surface area (Å²) in [6, 6.07) is 6.19. The van der Waals surface area contributed by atoms with Gasteiger partial charge in [0.05, 0.1) is 16.0 Å². The van der Waals surface area contributed by atoms with Gasteiger partial charge in [0, 0.05) is 0 Å². The highest BCUT2D eigenvalue weighted by molar-refractivity contribution is 7.13. The van der Waals surface area contributed by atoms with Crippen molar-refractivity contribution in [3.8, 4) is 10.6 Å². The van der Waals surface area contributed by atoms with E-state index in [0.29, 0.717) is 11.5 Å². The molecule has 102 valence electrons. The Morgan fingerprint density at radius 2 is 2.00 bits per heavy atom. The number of nitrogen functional groups attached to an aromatic ring is 1. The lowest BCUT2D eigenvalue weighted by Crippen LogP contribution is -2.14. The molecular weight excluding hydrogens is 268 g/mol. The number of hydrogen-bond donors (Lipinski definition) is 1. The molecule has 0 aromatic carbocycles. The Kier molecular flexibility index (Phi) is 2.94. The molecule has 0 atom stereocenters. The first kappa shape index (κ1) is 13.0. The van der Waals surface area contributed by atoms with Gasteiger partial charge in [0.25, 0.3) is 0 Å². The van der Waals surface area contributed by atoms with Gasteiger partial charge >= 0.3 is 0 Å². The Morgan fingerprint density at radius 1 is 1.20 bits per heavy atom. The molecule has 3 aromatic heterocycles. The van der Waals surface area contributed by atoms with Gasteiger partial charge in [0.1, 0.15) is 12.1 Å². The first-order valence-corrected chi connectivity index (χ1v) is 7.30. The maximum absolute atomic E-state index is 5.95. The lowest BCUT2D eigenvalue weighted by atomic mass is 9.85. The van der Waals surface area contributed by atoms with Crippen LogP contribution < -0.4 is 5.73 Å². The molecule has 0 saturated heterocycles. The molecule has 0 aliphatic rings. The van der Waals surface area contributed by atoms with Crippen LogP contribution in [-0.2, 0) is 5.41 Å². The van der Waals surface area contributed by atoms with E-state index in [4.69, 9.17) is 10.7 Å². The third-order valence-electron chi connectivity index (χ3n) is 3.22. The fraction of sp³-hybridized carbons (Fsp3) is 0.267.